The fourth-order valence-electron chi connectivity index (χ4n) is 2.75. The van der Waals surface area contributed by atoms with Crippen molar-refractivity contribution in [2.24, 2.45) is 0 Å². The SMILES string of the molecule is C=CC(=O)N1CCN2c3ncc(Cl)cc3SCC[C@@H]2C1. The highest BCUT2D eigenvalue weighted by Crippen LogP contribution is 2.37. The Balaban J connectivity index is 1.87. The zero-order valence-corrected chi connectivity index (χ0v) is 12.7. The Kier molecular flexibility index (Phi) is 3.89. The molecule has 0 aromatic carbocycles. The van der Waals surface area contributed by atoms with Gasteiger partial charge in [-0.2, -0.15) is 0 Å². The van der Waals surface area contributed by atoms with Gasteiger partial charge in [-0.3, -0.25) is 4.79 Å². The number of thioether (sulfide) groups is 1. The van der Waals surface area contributed by atoms with Crippen LogP contribution in [0.5, 0.6) is 0 Å². The molecule has 2 aliphatic heterocycles. The number of pyridine rings is 1. The van der Waals surface area contributed by atoms with Crippen molar-refractivity contribution in [1.82, 2.24) is 9.88 Å². The second-order valence-corrected chi connectivity index (χ2v) is 6.52. The van der Waals surface area contributed by atoms with Gasteiger partial charge in [0.25, 0.3) is 0 Å². The minimum atomic E-state index is 0.0193. The number of piperazine rings is 1. The Bertz CT molecular complexity index is 551. The summed E-state index contributed by atoms with van der Waals surface area (Å²) in [6, 6.07) is 2.31. The van der Waals surface area contributed by atoms with Gasteiger partial charge in [-0.1, -0.05) is 18.2 Å². The molecule has 106 valence electrons. The molecule has 1 aromatic rings. The molecule has 0 radical (unpaired) electrons. The molecule has 0 saturated carbocycles. The molecule has 0 unspecified atom stereocenters. The van der Waals surface area contributed by atoms with E-state index >= 15 is 0 Å². The summed E-state index contributed by atoms with van der Waals surface area (Å²) in [6.45, 7) is 5.84. The minimum absolute atomic E-state index is 0.0193. The third-order valence-corrected chi connectivity index (χ3v) is 5.01. The molecule has 6 heteroatoms. The molecule has 1 aromatic heterocycles. The number of rotatable bonds is 1. The van der Waals surface area contributed by atoms with Gasteiger partial charge in [0.05, 0.1) is 9.92 Å². The van der Waals surface area contributed by atoms with Crippen LogP contribution in [0.3, 0.4) is 0 Å². The summed E-state index contributed by atoms with van der Waals surface area (Å²) in [7, 11) is 0. The molecule has 0 spiro atoms. The second kappa shape index (κ2) is 5.66. The molecule has 3 rings (SSSR count). The van der Waals surface area contributed by atoms with Gasteiger partial charge in [-0.15, -0.1) is 11.8 Å². The first-order valence-corrected chi connectivity index (χ1v) is 8.01. The summed E-state index contributed by atoms with van der Waals surface area (Å²) in [5.41, 5.74) is 0. The highest BCUT2D eigenvalue weighted by atomic mass is 35.5. The smallest absolute Gasteiger partial charge is 0.246 e. The van der Waals surface area contributed by atoms with E-state index in [2.05, 4.69) is 16.5 Å². The Morgan fingerprint density at radius 3 is 3.20 bits per heavy atom. The van der Waals surface area contributed by atoms with Crippen LogP contribution < -0.4 is 4.90 Å². The molecule has 0 N–H and O–H groups in total. The van der Waals surface area contributed by atoms with E-state index in [1.54, 1.807) is 18.0 Å². The van der Waals surface area contributed by atoms with Gasteiger partial charge in [0.2, 0.25) is 5.91 Å². The lowest BCUT2D eigenvalue weighted by atomic mass is 10.1. The monoisotopic (exact) mass is 309 g/mol. The van der Waals surface area contributed by atoms with E-state index in [1.165, 1.54) is 6.08 Å². The molecular weight excluding hydrogens is 294 g/mol. The number of halogens is 1. The Hall–Kier alpha value is -1.20. The topological polar surface area (TPSA) is 36.4 Å². The standard InChI is InChI=1S/C14H16ClN3OS/c1-2-13(19)17-4-5-18-11(9-17)3-6-20-12-7-10(15)8-16-14(12)18/h2,7-8,11H,1,3-6,9H2/t11-/m1/s1. The molecule has 2 aliphatic rings. The molecular formula is C14H16ClN3OS. The number of nitrogens with zero attached hydrogens (tertiary/aromatic N) is 3. The molecule has 1 amide bonds. The van der Waals surface area contributed by atoms with E-state index in [4.69, 9.17) is 11.6 Å². The summed E-state index contributed by atoms with van der Waals surface area (Å²) in [5.74, 6) is 2.05. The average molecular weight is 310 g/mol. The summed E-state index contributed by atoms with van der Waals surface area (Å²) in [6.07, 6.45) is 4.14. The lowest BCUT2D eigenvalue weighted by Gasteiger charge is -2.41. The van der Waals surface area contributed by atoms with Crippen LogP contribution in [0.4, 0.5) is 5.82 Å². The van der Waals surface area contributed by atoms with Crippen LogP contribution in [0.1, 0.15) is 6.42 Å². The first-order valence-electron chi connectivity index (χ1n) is 6.65. The van der Waals surface area contributed by atoms with Crippen LogP contribution in [0.15, 0.2) is 29.8 Å². The third kappa shape index (κ3) is 2.52. The van der Waals surface area contributed by atoms with E-state index in [-0.39, 0.29) is 5.91 Å². The second-order valence-electron chi connectivity index (χ2n) is 4.95. The number of fused-ring (bicyclic) bond motifs is 3. The van der Waals surface area contributed by atoms with E-state index in [1.807, 2.05) is 11.0 Å². The fourth-order valence-corrected chi connectivity index (χ4v) is 4.09. The zero-order chi connectivity index (χ0) is 14.1. The molecule has 0 aliphatic carbocycles. The number of carbonyl (C=O) groups excluding carboxylic acids is 1. The number of aromatic nitrogens is 1. The predicted octanol–water partition coefficient (Wildman–Crippen LogP) is 2.43. The zero-order valence-electron chi connectivity index (χ0n) is 11.1. The van der Waals surface area contributed by atoms with Crippen molar-refractivity contribution in [2.75, 3.05) is 30.3 Å². The van der Waals surface area contributed by atoms with Crippen molar-refractivity contribution in [3.63, 3.8) is 0 Å². The first kappa shape index (κ1) is 13.8. The van der Waals surface area contributed by atoms with Gasteiger partial charge >= 0.3 is 0 Å². The maximum Gasteiger partial charge on any atom is 0.246 e. The van der Waals surface area contributed by atoms with Crippen molar-refractivity contribution in [1.29, 1.82) is 0 Å². The molecule has 1 atom stereocenters. The van der Waals surface area contributed by atoms with E-state index in [9.17, 15) is 4.79 Å². The Labute approximate surface area is 127 Å². The van der Waals surface area contributed by atoms with Gasteiger partial charge in [0.1, 0.15) is 5.82 Å². The van der Waals surface area contributed by atoms with Gasteiger partial charge < -0.3 is 9.80 Å². The lowest BCUT2D eigenvalue weighted by Crippen LogP contribution is -2.54. The van der Waals surface area contributed by atoms with Crippen molar-refractivity contribution in [3.8, 4) is 0 Å². The predicted molar refractivity (Wildman–Crippen MR) is 82.5 cm³/mol. The number of anilines is 1. The van der Waals surface area contributed by atoms with Crippen LogP contribution in [-0.4, -0.2) is 47.2 Å². The minimum Gasteiger partial charge on any atom is -0.349 e. The normalized spacial score (nSPS) is 21.8. The van der Waals surface area contributed by atoms with Gasteiger partial charge in [-0.05, 0) is 18.6 Å². The Morgan fingerprint density at radius 1 is 1.55 bits per heavy atom. The van der Waals surface area contributed by atoms with E-state index in [0.29, 0.717) is 11.1 Å². The maximum atomic E-state index is 11.8. The Morgan fingerprint density at radius 2 is 2.40 bits per heavy atom. The number of carbonyl (C=O) groups is 1. The molecule has 1 saturated heterocycles. The summed E-state index contributed by atoms with van der Waals surface area (Å²) in [5, 5.41) is 0.676. The van der Waals surface area contributed by atoms with Crippen LogP contribution in [0.25, 0.3) is 0 Å². The van der Waals surface area contributed by atoms with E-state index < -0.39 is 0 Å². The molecule has 3 heterocycles. The third-order valence-electron chi connectivity index (χ3n) is 3.75. The highest BCUT2D eigenvalue weighted by Gasteiger charge is 2.32. The number of hydrogen-bond donors (Lipinski definition) is 0. The highest BCUT2D eigenvalue weighted by molar-refractivity contribution is 7.99. The summed E-state index contributed by atoms with van der Waals surface area (Å²) < 4.78 is 0. The molecule has 20 heavy (non-hydrogen) atoms. The lowest BCUT2D eigenvalue weighted by molar-refractivity contribution is -0.126. The van der Waals surface area contributed by atoms with Crippen molar-refractivity contribution in [2.45, 2.75) is 17.4 Å². The first-order chi connectivity index (χ1) is 9.69. The maximum absolute atomic E-state index is 11.8. The molecule has 0 bridgehead atoms. The largest absolute Gasteiger partial charge is 0.349 e. The van der Waals surface area contributed by atoms with Crippen LogP contribution in [-0.2, 0) is 4.79 Å². The van der Waals surface area contributed by atoms with Crippen molar-refractivity contribution >= 4 is 35.1 Å². The van der Waals surface area contributed by atoms with Gasteiger partial charge in [0.15, 0.2) is 0 Å². The molecule has 4 nitrogen and oxygen atoms in total. The van der Waals surface area contributed by atoms with Crippen molar-refractivity contribution < 1.29 is 4.79 Å². The van der Waals surface area contributed by atoms with E-state index in [0.717, 1.165) is 42.5 Å². The number of amides is 1. The van der Waals surface area contributed by atoms with Crippen LogP contribution in [0, 0.1) is 0 Å². The summed E-state index contributed by atoms with van der Waals surface area (Å²) >= 11 is 7.82. The quantitative estimate of drug-likeness (QED) is 0.747. The van der Waals surface area contributed by atoms with Gasteiger partial charge in [-0.25, -0.2) is 4.98 Å². The fraction of sp³-hybridized carbons (Fsp3) is 0.429. The summed E-state index contributed by atoms with van der Waals surface area (Å²) in [4.78, 5) is 21.6. The number of hydrogen-bond acceptors (Lipinski definition) is 4. The van der Waals surface area contributed by atoms with Gasteiger partial charge in [0, 0.05) is 37.6 Å². The van der Waals surface area contributed by atoms with Crippen LogP contribution >= 0.6 is 23.4 Å². The van der Waals surface area contributed by atoms with Crippen molar-refractivity contribution in [3.05, 3.63) is 29.9 Å². The van der Waals surface area contributed by atoms with Crippen LogP contribution in [0.2, 0.25) is 5.02 Å². The average Bonchev–Trinajstić information content (AvgIpc) is 2.64. The molecule has 1 fully saturated rings.